The highest BCUT2D eigenvalue weighted by Gasteiger charge is 2.22. The van der Waals surface area contributed by atoms with Crippen LogP contribution in [0.25, 0.3) is 11.3 Å². The third kappa shape index (κ3) is 4.31. The highest BCUT2D eigenvalue weighted by molar-refractivity contribution is 5.85. The minimum atomic E-state index is -0.247. The van der Waals surface area contributed by atoms with Crippen molar-refractivity contribution in [2.24, 2.45) is 7.05 Å². The van der Waals surface area contributed by atoms with E-state index in [0.717, 1.165) is 55.5 Å². The number of aryl methyl sites for hydroxylation is 2. The van der Waals surface area contributed by atoms with Gasteiger partial charge in [-0.2, -0.15) is 5.10 Å². The number of halogens is 2. The zero-order chi connectivity index (χ0) is 18.8. The molecule has 2 aromatic heterocycles. The van der Waals surface area contributed by atoms with Crippen molar-refractivity contribution < 1.29 is 4.39 Å². The molecule has 1 aliphatic rings. The zero-order valence-corrected chi connectivity index (χ0v) is 16.9. The molecule has 0 bridgehead atoms. The lowest BCUT2D eigenvalue weighted by molar-refractivity contribution is 0.249. The van der Waals surface area contributed by atoms with Crippen molar-refractivity contribution in [3.8, 4) is 11.3 Å². The van der Waals surface area contributed by atoms with Crippen molar-refractivity contribution in [1.82, 2.24) is 24.6 Å². The summed E-state index contributed by atoms with van der Waals surface area (Å²) in [5, 5.41) is 4.43. The molecule has 0 radical (unpaired) electrons. The van der Waals surface area contributed by atoms with Crippen molar-refractivity contribution >= 4 is 18.2 Å². The van der Waals surface area contributed by atoms with Gasteiger partial charge in [0.2, 0.25) is 0 Å². The molecule has 3 aromatic rings. The van der Waals surface area contributed by atoms with Crippen molar-refractivity contribution in [3.05, 3.63) is 59.9 Å². The van der Waals surface area contributed by atoms with Crippen LogP contribution in [0.1, 0.15) is 11.3 Å². The molecule has 148 valence electrons. The molecule has 4 rings (SSSR count). The van der Waals surface area contributed by atoms with Crippen molar-refractivity contribution in [1.29, 1.82) is 0 Å². The first-order valence-electron chi connectivity index (χ1n) is 9.13. The second-order valence-corrected chi connectivity index (χ2v) is 6.91. The molecule has 0 spiro atoms. The Bertz CT molecular complexity index is 919. The third-order valence-electron chi connectivity index (χ3n) is 4.98. The van der Waals surface area contributed by atoms with Gasteiger partial charge >= 0.3 is 0 Å². The van der Waals surface area contributed by atoms with E-state index in [0.29, 0.717) is 0 Å². The first-order valence-corrected chi connectivity index (χ1v) is 9.13. The van der Waals surface area contributed by atoms with E-state index < -0.39 is 0 Å². The number of rotatable bonds is 4. The molecule has 6 nitrogen and oxygen atoms in total. The Morgan fingerprint density at radius 3 is 2.32 bits per heavy atom. The molecule has 1 aliphatic heterocycles. The largest absolute Gasteiger partial charge is 0.352 e. The maximum Gasteiger partial charge on any atom is 0.155 e. The highest BCUT2D eigenvalue weighted by atomic mass is 35.5. The number of aromatic nitrogens is 4. The monoisotopic (exact) mass is 402 g/mol. The maximum absolute atomic E-state index is 13.3. The van der Waals surface area contributed by atoms with Crippen LogP contribution in [0.5, 0.6) is 0 Å². The summed E-state index contributed by atoms with van der Waals surface area (Å²) in [5.41, 5.74) is 4.05. The Morgan fingerprint density at radius 1 is 1.00 bits per heavy atom. The molecule has 1 aromatic carbocycles. The number of hydrogen-bond acceptors (Lipinski definition) is 5. The predicted octanol–water partition coefficient (Wildman–Crippen LogP) is 3.07. The summed E-state index contributed by atoms with van der Waals surface area (Å²) in [7, 11) is 1.96. The molecule has 1 saturated heterocycles. The fourth-order valence-corrected chi connectivity index (χ4v) is 3.54. The van der Waals surface area contributed by atoms with Crippen LogP contribution in [0.4, 0.5) is 10.2 Å². The molecule has 0 N–H and O–H groups in total. The summed E-state index contributed by atoms with van der Waals surface area (Å²) < 4.78 is 15.1. The van der Waals surface area contributed by atoms with Crippen LogP contribution in [-0.4, -0.2) is 50.8 Å². The molecule has 0 atom stereocenters. The maximum atomic E-state index is 13.3. The molecular formula is C20H24ClFN6. The Balaban J connectivity index is 0.00000225. The summed E-state index contributed by atoms with van der Waals surface area (Å²) in [4.78, 5) is 13.8. The van der Waals surface area contributed by atoms with Gasteiger partial charge < -0.3 is 4.90 Å². The lowest BCUT2D eigenvalue weighted by Crippen LogP contribution is -2.46. The van der Waals surface area contributed by atoms with E-state index in [1.54, 1.807) is 24.5 Å². The van der Waals surface area contributed by atoms with Gasteiger partial charge in [0.15, 0.2) is 5.82 Å². The van der Waals surface area contributed by atoms with E-state index >= 15 is 0 Å². The molecule has 8 heteroatoms. The molecule has 0 unspecified atom stereocenters. The predicted molar refractivity (Wildman–Crippen MR) is 110 cm³/mol. The number of nitrogens with zero attached hydrogens (tertiary/aromatic N) is 6. The lowest BCUT2D eigenvalue weighted by atomic mass is 10.1. The van der Waals surface area contributed by atoms with E-state index in [9.17, 15) is 4.39 Å². The first-order chi connectivity index (χ1) is 13.1. The van der Waals surface area contributed by atoms with Gasteiger partial charge in [0.05, 0.1) is 5.69 Å². The minimum absolute atomic E-state index is 0. The summed E-state index contributed by atoms with van der Waals surface area (Å²) in [6.45, 7) is 6.64. The Hall–Kier alpha value is -2.51. The van der Waals surface area contributed by atoms with Gasteiger partial charge in [-0.3, -0.25) is 14.6 Å². The molecule has 1 fully saturated rings. The van der Waals surface area contributed by atoms with Gasteiger partial charge in [-0.05, 0) is 31.2 Å². The van der Waals surface area contributed by atoms with Gasteiger partial charge in [0.25, 0.3) is 0 Å². The molecule has 0 amide bonds. The van der Waals surface area contributed by atoms with Crippen LogP contribution in [0.15, 0.2) is 42.9 Å². The molecule has 0 saturated carbocycles. The fraction of sp³-hybridized carbons (Fsp3) is 0.350. The highest BCUT2D eigenvalue weighted by Crippen LogP contribution is 2.27. The van der Waals surface area contributed by atoms with E-state index in [2.05, 4.69) is 38.0 Å². The topological polar surface area (TPSA) is 50.1 Å². The average molecular weight is 403 g/mol. The molecule has 28 heavy (non-hydrogen) atoms. The molecule has 0 aliphatic carbocycles. The first kappa shape index (κ1) is 20.2. The van der Waals surface area contributed by atoms with E-state index in [-0.39, 0.29) is 18.2 Å². The van der Waals surface area contributed by atoms with Crippen LogP contribution in [0, 0.1) is 12.7 Å². The molecular weight excluding hydrogens is 379 g/mol. The summed E-state index contributed by atoms with van der Waals surface area (Å²) >= 11 is 0. The number of anilines is 1. The van der Waals surface area contributed by atoms with Crippen LogP contribution < -0.4 is 4.90 Å². The zero-order valence-electron chi connectivity index (χ0n) is 16.0. The summed E-state index contributed by atoms with van der Waals surface area (Å²) in [6, 6.07) is 6.43. The quantitative estimate of drug-likeness (QED) is 0.671. The van der Waals surface area contributed by atoms with Crippen LogP contribution in [-0.2, 0) is 13.6 Å². The van der Waals surface area contributed by atoms with E-state index in [4.69, 9.17) is 0 Å². The SMILES string of the molecule is Cc1nn(C)cc1CN1CCN(c2nccnc2-c2ccc(F)cc2)CC1.Cl. The van der Waals surface area contributed by atoms with Gasteiger partial charge in [0.1, 0.15) is 11.5 Å². The minimum Gasteiger partial charge on any atom is -0.352 e. The fourth-order valence-electron chi connectivity index (χ4n) is 3.54. The van der Waals surface area contributed by atoms with Crippen LogP contribution in [0.3, 0.4) is 0 Å². The van der Waals surface area contributed by atoms with Crippen molar-refractivity contribution in [2.45, 2.75) is 13.5 Å². The standard InChI is InChI=1S/C20H23FN6.ClH/c1-15-17(13-25(2)24-15)14-26-9-11-27(12-10-26)20-19(22-7-8-23-20)16-3-5-18(21)6-4-16;/h3-8,13H,9-12,14H2,1-2H3;1H. The number of piperazine rings is 1. The van der Waals surface area contributed by atoms with Crippen molar-refractivity contribution in [2.75, 3.05) is 31.1 Å². The summed E-state index contributed by atoms with van der Waals surface area (Å²) in [6.07, 6.45) is 5.49. The van der Waals surface area contributed by atoms with Crippen LogP contribution in [0.2, 0.25) is 0 Å². The number of benzene rings is 1. The third-order valence-corrected chi connectivity index (χ3v) is 4.98. The molecule has 3 heterocycles. The average Bonchev–Trinajstić information content (AvgIpc) is 3.00. The van der Waals surface area contributed by atoms with Crippen molar-refractivity contribution in [3.63, 3.8) is 0 Å². The van der Waals surface area contributed by atoms with E-state index in [1.807, 2.05) is 11.7 Å². The summed E-state index contributed by atoms with van der Waals surface area (Å²) in [5.74, 6) is 0.616. The van der Waals surface area contributed by atoms with Gasteiger partial charge in [0, 0.05) is 69.5 Å². The Labute approximate surface area is 170 Å². The Morgan fingerprint density at radius 2 is 1.68 bits per heavy atom. The lowest BCUT2D eigenvalue weighted by Gasteiger charge is -2.35. The van der Waals surface area contributed by atoms with Gasteiger partial charge in [-0.15, -0.1) is 12.4 Å². The van der Waals surface area contributed by atoms with Crippen LogP contribution >= 0.6 is 12.4 Å². The van der Waals surface area contributed by atoms with E-state index in [1.165, 1.54) is 17.7 Å². The Kier molecular flexibility index (Phi) is 6.26. The van der Waals surface area contributed by atoms with Gasteiger partial charge in [-0.25, -0.2) is 9.37 Å². The second-order valence-electron chi connectivity index (χ2n) is 6.91. The smallest absolute Gasteiger partial charge is 0.155 e. The number of hydrogen-bond donors (Lipinski definition) is 0. The van der Waals surface area contributed by atoms with Gasteiger partial charge in [-0.1, -0.05) is 0 Å². The normalized spacial score (nSPS) is 14.8. The second kappa shape index (κ2) is 8.67.